The lowest BCUT2D eigenvalue weighted by molar-refractivity contribution is 0.261. The summed E-state index contributed by atoms with van der Waals surface area (Å²) in [5, 5.41) is 0. The van der Waals surface area contributed by atoms with E-state index in [0.717, 1.165) is 0 Å². The van der Waals surface area contributed by atoms with Crippen LogP contribution >= 0.6 is 0 Å². The largest absolute Gasteiger partial charge is 0.303 e. The fraction of sp³-hybridized carbons (Fsp3) is 0.647. The SMILES string of the molecule is CC.CCCN(CCC)CC(C)c1ccccc1. The fourth-order valence-electron chi connectivity index (χ4n) is 2.20. The summed E-state index contributed by atoms with van der Waals surface area (Å²) in [6, 6.07) is 10.8. The fourth-order valence-corrected chi connectivity index (χ4v) is 2.20. The highest BCUT2D eigenvalue weighted by Crippen LogP contribution is 2.16. The van der Waals surface area contributed by atoms with Gasteiger partial charge in [0.2, 0.25) is 0 Å². The second-order valence-corrected chi connectivity index (χ2v) is 4.61. The van der Waals surface area contributed by atoms with Crippen LogP contribution in [-0.4, -0.2) is 24.5 Å². The van der Waals surface area contributed by atoms with Crippen LogP contribution in [0.1, 0.15) is 58.9 Å². The molecule has 0 amide bonds. The molecule has 1 nitrogen and oxygen atoms in total. The standard InChI is InChI=1S/C15H25N.C2H6/c1-4-11-16(12-5-2)13-14(3)15-9-7-6-8-10-15;1-2/h6-10,14H,4-5,11-13H2,1-3H3;1-2H3. The Morgan fingerprint density at radius 2 is 1.44 bits per heavy atom. The maximum absolute atomic E-state index is 2.58. The summed E-state index contributed by atoms with van der Waals surface area (Å²) < 4.78 is 0. The first-order valence-electron chi connectivity index (χ1n) is 7.55. The molecule has 0 aromatic heterocycles. The van der Waals surface area contributed by atoms with Crippen molar-refractivity contribution in [2.45, 2.75) is 53.4 Å². The molecule has 0 saturated heterocycles. The summed E-state index contributed by atoms with van der Waals surface area (Å²) in [4.78, 5) is 2.58. The van der Waals surface area contributed by atoms with E-state index >= 15 is 0 Å². The Balaban J connectivity index is 0.00000137. The molecule has 1 aromatic rings. The molecule has 0 fully saturated rings. The molecule has 0 N–H and O–H groups in total. The first-order valence-corrected chi connectivity index (χ1v) is 7.55. The van der Waals surface area contributed by atoms with Crippen LogP contribution in [0.3, 0.4) is 0 Å². The summed E-state index contributed by atoms with van der Waals surface area (Å²) >= 11 is 0. The van der Waals surface area contributed by atoms with Crippen molar-refractivity contribution in [1.82, 2.24) is 4.90 Å². The number of rotatable bonds is 7. The van der Waals surface area contributed by atoms with E-state index in [1.165, 1.54) is 38.0 Å². The molecular formula is C17H31N. The smallest absolute Gasteiger partial charge is 0.00476 e. The molecule has 1 unspecified atom stereocenters. The summed E-state index contributed by atoms with van der Waals surface area (Å²) in [6.45, 7) is 14.5. The van der Waals surface area contributed by atoms with Gasteiger partial charge in [-0.15, -0.1) is 0 Å². The summed E-state index contributed by atoms with van der Waals surface area (Å²) in [6.07, 6.45) is 2.50. The second-order valence-electron chi connectivity index (χ2n) is 4.61. The van der Waals surface area contributed by atoms with E-state index < -0.39 is 0 Å². The lowest BCUT2D eigenvalue weighted by Gasteiger charge is -2.25. The molecule has 0 spiro atoms. The Bertz CT molecular complexity index is 262. The van der Waals surface area contributed by atoms with Crippen LogP contribution in [-0.2, 0) is 0 Å². The number of benzene rings is 1. The summed E-state index contributed by atoms with van der Waals surface area (Å²) in [7, 11) is 0. The van der Waals surface area contributed by atoms with Crippen LogP contribution in [0.15, 0.2) is 30.3 Å². The van der Waals surface area contributed by atoms with E-state index in [2.05, 4.69) is 56.0 Å². The van der Waals surface area contributed by atoms with Crippen molar-refractivity contribution >= 4 is 0 Å². The first-order chi connectivity index (χ1) is 8.77. The third-order valence-corrected chi connectivity index (χ3v) is 2.98. The van der Waals surface area contributed by atoms with E-state index in [4.69, 9.17) is 0 Å². The average Bonchev–Trinajstić information content (AvgIpc) is 2.42. The highest BCUT2D eigenvalue weighted by atomic mass is 15.1. The minimum absolute atomic E-state index is 0.638. The highest BCUT2D eigenvalue weighted by Gasteiger charge is 2.10. The lowest BCUT2D eigenvalue weighted by atomic mass is 10.0. The molecule has 1 heteroatoms. The molecule has 0 aliphatic carbocycles. The average molecular weight is 249 g/mol. The van der Waals surface area contributed by atoms with Crippen LogP contribution in [0.2, 0.25) is 0 Å². The molecule has 1 rings (SSSR count). The van der Waals surface area contributed by atoms with Gasteiger partial charge >= 0.3 is 0 Å². The van der Waals surface area contributed by atoms with Gasteiger partial charge in [-0.1, -0.05) is 65.0 Å². The van der Waals surface area contributed by atoms with E-state index in [1.807, 2.05) is 13.8 Å². The van der Waals surface area contributed by atoms with E-state index in [0.29, 0.717) is 5.92 Å². The molecular weight excluding hydrogens is 218 g/mol. The van der Waals surface area contributed by atoms with Crippen molar-refractivity contribution in [3.05, 3.63) is 35.9 Å². The van der Waals surface area contributed by atoms with Gasteiger partial charge in [-0.3, -0.25) is 0 Å². The van der Waals surface area contributed by atoms with Crippen LogP contribution in [0.4, 0.5) is 0 Å². The highest BCUT2D eigenvalue weighted by molar-refractivity contribution is 5.18. The normalized spacial score (nSPS) is 11.9. The van der Waals surface area contributed by atoms with Crippen molar-refractivity contribution in [2.24, 2.45) is 0 Å². The summed E-state index contributed by atoms with van der Waals surface area (Å²) in [5.41, 5.74) is 1.46. The van der Waals surface area contributed by atoms with E-state index in [1.54, 1.807) is 0 Å². The number of hydrogen-bond donors (Lipinski definition) is 0. The van der Waals surface area contributed by atoms with Gasteiger partial charge in [0, 0.05) is 6.54 Å². The Hall–Kier alpha value is -0.820. The third-order valence-electron chi connectivity index (χ3n) is 2.98. The van der Waals surface area contributed by atoms with Crippen molar-refractivity contribution in [2.75, 3.05) is 19.6 Å². The summed E-state index contributed by atoms with van der Waals surface area (Å²) in [5.74, 6) is 0.638. The van der Waals surface area contributed by atoms with Gasteiger partial charge < -0.3 is 4.90 Å². The van der Waals surface area contributed by atoms with Gasteiger partial charge in [0.15, 0.2) is 0 Å². The van der Waals surface area contributed by atoms with Crippen molar-refractivity contribution in [1.29, 1.82) is 0 Å². The van der Waals surface area contributed by atoms with Crippen molar-refractivity contribution in [3.63, 3.8) is 0 Å². The Kier molecular flexibility index (Phi) is 10.8. The van der Waals surface area contributed by atoms with Crippen molar-refractivity contribution < 1.29 is 0 Å². The Morgan fingerprint density at radius 1 is 0.944 bits per heavy atom. The quantitative estimate of drug-likeness (QED) is 0.661. The predicted octanol–water partition coefficient (Wildman–Crippen LogP) is 4.94. The molecule has 0 saturated carbocycles. The monoisotopic (exact) mass is 249 g/mol. The first kappa shape index (κ1) is 17.2. The molecule has 1 atom stereocenters. The molecule has 0 aliphatic heterocycles. The van der Waals surface area contributed by atoms with Gasteiger partial charge in [-0.2, -0.15) is 0 Å². The maximum atomic E-state index is 2.58. The van der Waals surface area contributed by atoms with Gasteiger partial charge in [-0.25, -0.2) is 0 Å². The molecule has 0 radical (unpaired) electrons. The van der Waals surface area contributed by atoms with Gasteiger partial charge in [0.1, 0.15) is 0 Å². The van der Waals surface area contributed by atoms with Crippen LogP contribution in [0.25, 0.3) is 0 Å². The van der Waals surface area contributed by atoms with Crippen LogP contribution < -0.4 is 0 Å². The predicted molar refractivity (Wildman–Crippen MR) is 83.2 cm³/mol. The molecule has 0 bridgehead atoms. The van der Waals surface area contributed by atoms with Gasteiger partial charge in [0.05, 0.1) is 0 Å². The zero-order valence-electron chi connectivity index (χ0n) is 12.9. The molecule has 104 valence electrons. The van der Waals surface area contributed by atoms with Crippen molar-refractivity contribution in [3.8, 4) is 0 Å². The van der Waals surface area contributed by atoms with Crippen LogP contribution in [0, 0.1) is 0 Å². The lowest BCUT2D eigenvalue weighted by Crippen LogP contribution is -2.29. The number of nitrogens with zero attached hydrogens (tertiary/aromatic N) is 1. The second kappa shape index (κ2) is 11.3. The Labute approximate surface area is 114 Å². The zero-order valence-corrected chi connectivity index (χ0v) is 12.9. The maximum Gasteiger partial charge on any atom is 0.00476 e. The topological polar surface area (TPSA) is 3.24 Å². The molecule has 0 aliphatic rings. The van der Waals surface area contributed by atoms with E-state index in [9.17, 15) is 0 Å². The molecule has 18 heavy (non-hydrogen) atoms. The molecule has 0 heterocycles. The number of hydrogen-bond acceptors (Lipinski definition) is 1. The Morgan fingerprint density at radius 3 is 1.89 bits per heavy atom. The zero-order chi connectivity index (χ0) is 13.8. The molecule has 1 aromatic carbocycles. The minimum Gasteiger partial charge on any atom is -0.303 e. The van der Waals surface area contributed by atoms with Gasteiger partial charge in [0.25, 0.3) is 0 Å². The van der Waals surface area contributed by atoms with Gasteiger partial charge in [-0.05, 0) is 37.4 Å². The minimum atomic E-state index is 0.638. The third kappa shape index (κ3) is 6.80. The van der Waals surface area contributed by atoms with E-state index in [-0.39, 0.29) is 0 Å². The van der Waals surface area contributed by atoms with Crippen LogP contribution in [0.5, 0.6) is 0 Å².